The molecule has 0 unspecified atom stereocenters. The van der Waals surface area contributed by atoms with Gasteiger partial charge in [0, 0.05) is 10.9 Å². The molecule has 0 aliphatic carbocycles. The molecule has 0 fully saturated rings. The smallest absolute Gasteiger partial charge is 0.347 e. The molecule has 6 nitrogen and oxygen atoms in total. The number of benzene rings is 1. The monoisotopic (exact) mass is 435 g/mol. The van der Waals surface area contributed by atoms with Crippen LogP contribution in [0, 0.1) is 0 Å². The van der Waals surface area contributed by atoms with Crippen molar-refractivity contribution < 1.29 is 9.53 Å². The highest BCUT2D eigenvalue weighted by molar-refractivity contribution is 9.10. The van der Waals surface area contributed by atoms with E-state index < -0.39 is 11.6 Å². The average Bonchev–Trinajstić information content (AvgIpc) is 2.92. The van der Waals surface area contributed by atoms with Gasteiger partial charge in [0.15, 0.2) is 0 Å². The summed E-state index contributed by atoms with van der Waals surface area (Å²) in [6.07, 6.45) is 3.85. The van der Waals surface area contributed by atoms with E-state index in [4.69, 9.17) is 4.74 Å². The van der Waals surface area contributed by atoms with Gasteiger partial charge in [-0.15, -0.1) is 0 Å². The molecule has 0 saturated heterocycles. The number of rotatable bonds is 6. The van der Waals surface area contributed by atoms with E-state index in [0.717, 1.165) is 29.3 Å². The SMILES string of the molecule is CCCC(C)(C)OC(=O)[C@@H]1CCCc2nn(Cc3ccc(Br)cc3)c(=O)n21. The number of carbonyl (C=O) groups excluding carboxylic acids is 1. The van der Waals surface area contributed by atoms with Crippen molar-refractivity contribution in [1.82, 2.24) is 14.3 Å². The van der Waals surface area contributed by atoms with Crippen LogP contribution in [0.4, 0.5) is 0 Å². The molecule has 0 N–H and O–H groups in total. The molecule has 0 amide bonds. The molecule has 0 saturated carbocycles. The Morgan fingerprint density at radius 1 is 1.33 bits per heavy atom. The first-order valence-corrected chi connectivity index (χ1v) is 10.3. The molecule has 1 aliphatic heterocycles. The van der Waals surface area contributed by atoms with Crippen molar-refractivity contribution in [2.45, 2.75) is 71.1 Å². The Balaban J connectivity index is 1.85. The number of esters is 1. The molecule has 146 valence electrons. The van der Waals surface area contributed by atoms with Crippen LogP contribution in [0.5, 0.6) is 0 Å². The number of carbonyl (C=O) groups is 1. The lowest BCUT2D eigenvalue weighted by atomic mass is 10.0. The van der Waals surface area contributed by atoms with E-state index in [1.165, 1.54) is 9.25 Å². The molecule has 0 radical (unpaired) electrons. The van der Waals surface area contributed by atoms with E-state index in [9.17, 15) is 9.59 Å². The maximum atomic E-state index is 12.9. The summed E-state index contributed by atoms with van der Waals surface area (Å²) in [6.45, 7) is 6.27. The van der Waals surface area contributed by atoms with Crippen molar-refractivity contribution in [2.24, 2.45) is 0 Å². The zero-order valence-electron chi connectivity index (χ0n) is 16.1. The van der Waals surface area contributed by atoms with Crippen molar-refractivity contribution in [3.63, 3.8) is 0 Å². The van der Waals surface area contributed by atoms with Crippen LogP contribution in [0.25, 0.3) is 0 Å². The number of ether oxygens (including phenoxy) is 1. The van der Waals surface area contributed by atoms with Crippen LogP contribution in [-0.2, 0) is 22.5 Å². The normalized spacial score (nSPS) is 16.8. The van der Waals surface area contributed by atoms with E-state index in [-0.39, 0.29) is 11.7 Å². The van der Waals surface area contributed by atoms with Gasteiger partial charge in [-0.05, 0) is 50.8 Å². The molecule has 1 aliphatic rings. The van der Waals surface area contributed by atoms with Gasteiger partial charge in [0.1, 0.15) is 17.5 Å². The van der Waals surface area contributed by atoms with Crippen LogP contribution < -0.4 is 5.69 Å². The maximum Gasteiger partial charge on any atom is 0.347 e. The highest BCUT2D eigenvalue weighted by atomic mass is 79.9. The third-order valence-corrected chi connectivity index (χ3v) is 5.41. The first-order chi connectivity index (χ1) is 12.8. The van der Waals surface area contributed by atoms with Crippen molar-refractivity contribution in [3.05, 3.63) is 50.6 Å². The van der Waals surface area contributed by atoms with E-state index in [2.05, 4.69) is 28.0 Å². The number of fused-ring (bicyclic) bond motifs is 1. The van der Waals surface area contributed by atoms with Crippen LogP contribution in [0.2, 0.25) is 0 Å². The lowest BCUT2D eigenvalue weighted by Crippen LogP contribution is -2.38. The zero-order valence-corrected chi connectivity index (χ0v) is 17.7. The second kappa shape index (κ2) is 8.00. The lowest BCUT2D eigenvalue weighted by Gasteiger charge is -2.29. The van der Waals surface area contributed by atoms with Crippen molar-refractivity contribution in [1.29, 1.82) is 0 Å². The summed E-state index contributed by atoms with van der Waals surface area (Å²) in [5.41, 5.74) is 0.210. The number of halogens is 1. The van der Waals surface area contributed by atoms with E-state index in [0.29, 0.717) is 25.2 Å². The third kappa shape index (κ3) is 4.51. The van der Waals surface area contributed by atoms with Crippen molar-refractivity contribution >= 4 is 21.9 Å². The molecule has 2 aromatic rings. The molecular weight excluding hydrogens is 410 g/mol. The Morgan fingerprint density at radius 2 is 2.04 bits per heavy atom. The molecule has 0 bridgehead atoms. The summed E-state index contributed by atoms with van der Waals surface area (Å²) in [4.78, 5) is 25.7. The van der Waals surface area contributed by atoms with Gasteiger partial charge in [0.05, 0.1) is 6.54 Å². The second-order valence-corrected chi connectivity index (χ2v) is 8.61. The summed E-state index contributed by atoms with van der Waals surface area (Å²) >= 11 is 3.41. The predicted molar refractivity (Wildman–Crippen MR) is 107 cm³/mol. The summed E-state index contributed by atoms with van der Waals surface area (Å²) in [5, 5.41) is 4.48. The minimum Gasteiger partial charge on any atom is -0.458 e. The van der Waals surface area contributed by atoms with Crippen LogP contribution in [0.1, 0.15) is 63.9 Å². The number of aryl methyl sites for hydroxylation is 1. The minimum atomic E-state index is -0.587. The van der Waals surface area contributed by atoms with Crippen molar-refractivity contribution in [2.75, 3.05) is 0 Å². The van der Waals surface area contributed by atoms with Gasteiger partial charge in [-0.1, -0.05) is 41.4 Å². The van der Waals surface area contributed by atoms with Crippen LogP contribution in [0.15, 0.2) is 33.5 Å². The van der Waals surface area contributed by atoms with Crippen LogP contribution >= 0.6 is 15.9 Å². The van der Waals surface area contributed by atoms with E-state index in [1.54, 1.807) is 0 Å². The van der Waals surface area contributed by atoms with E-state index in [1.807, 2.05) is 38.1 Å². The molecule has 1 aromatic heterocycles. The van der Waals surface area contributed by atoms with Crippen LogP contribution in [0.3, 0.4) is 0 Å². The Bertz CT molecular complexity index is 868. The van der Waals surface area contributed by atoms with Gasteiger partial charge in [0.2, 0.25) is 0 Å². The maximum absolute atomic E-state index is 12.9. The Kier molecular flexibility index (Phi) is 5.89. The first kappa shape index (κ1) is 19.9. The highest BCUT2D eigenvalue weighted by Gasteiger charge is 2.34. The van der Waals surface area contributed by atoms with Gasteiger partial charge < -0.3 is 4.74 Å². The topological polar surface area (TPSA) is 66.1 Å². The van der Waals surface area contributed by atoms with Gasteiger partial charge >= 0.3 is 11.7 Å². The standard InChI is InChI=1S/C20H26BrN3O3/c1-4-12-20(2,3)27-18(25)16-6-5-7-17-22-23(19(26)24(16)17)13-14-8-10-15(21)11-9-14/h8-11,16H,4-7,12-13H2,1-3H3/t16-/m0/s1. The predicted octanol–water partition coefficient (Wildman–Crippen LogP) is 3.85. The number of aromatic nitrogens is 3. The minimum absolute atomic E-state index is 0.247. The Morgan fingerprint density at radius 3 is 2.70 bits per heavy atom. The molecule has 3 rings (SSSR count). The summed E-state index contributed by atoms with van der Waals surface area (Å²) < 4.78 is 9.70. The molecule has 1 aromatic carbocycles. The highest BCUT2D eigenvalue weighted by Crippen LogP contribution is 2.26. The molecule has 27 heavy (non-hydrogen) atoms. The molecule has 7 heteroatoms. The summed E-state index contributed by atoms with van der Waals surface area (Å²) in [6, 6.07) is 7.19. The van der Waals surface area contributed by atoms with Crippen molar-refractivity contribution in [3.8, 4) is 0 Å². The van der Waals surface area contributed by atoms with Gasteiger partial charge in [-0.3, -0.25) is 4.57 Å². The fourth-order valence-corrected chi connectivity index (χ4v) is 3.88. The zero-order chi connectivity index (χ0) is 19.6. The fourth-order valence-electron chi connectivity index (χ4n) is 3.61. The number of hydrogen-bond acceptors (Lipinski definition) is 4. The average molecular weight is 436 g/mol. The largest absolute Gasteiger partial charge is 0.458 e. The third-order valence-electron chi connectivity index (χ3n) is 4.88. The van der Waals surface area contributed by atoms with E-state index >= 15 is 0 Å². The second-order valence-electron chi connectivity index (χ2n) is 7.69. The Hall–Kier alpha value is -1.89. The van der Waals surface area contributed by atoms with Gasteiger partial charge in [-0.2, -0.15) is 5.10 Å². The number of hydrogen-bond donors (Lipinski definition) is 0. The van der Waals surface area contributed by atoms with Crippen LogP contribution in [-0.4, -0.2) is 25.9 Å². The molecule has 1 atom stereocenters. The summed E-state index contributed by atoms with van der Waals surface area (Å²) in [7, 11) is 0. The number of nitrogens with zero attached hydrogens (tertiary/aromatic N) is 3. The summed E-state index contributed by atoms with van der Waals surface area (Å²) in [5.74, 6) is 0.332. The molecule has 2 heterocycles. The molecular formula is C20H26BrN3O3. The quantitative estimate of drug-likeness (QED) is 0.646. The fraction of sp³-hybridized carbons (Fsp3) is 0.550. The van der Waals surface area contributed by atoms with Gasteiger partial charge in [-0.25, -0.2) is 14.3 Å². The first-order valence-electron chi connectivity index (χ1n) is 9.46. The molecule has 0 spiro atoms. The van der Waals surface area contributed by atoms with Gasteiger partial charge in [0.25, 0.3) is 0 Å². The lowest BCUT2D eigenvalue weighted by molar-refractivity contribution is -0.162. The Labute approximate surface area is 167 Å².